The van der Waals surface area contributed by atoms with Crippen LogP contribution in [0.4, 0.5) is 0 Å². The van der Waals surface area contributed by atoms with Gasteiger partial charge in [-0.25, -0.2) is 9.59 Å². The maximum atomic E-state index is 13.1. The second-order valence-electron chi connectivity index (χ2n) is 14.1. The van der Waals surface area contributed by atoms with E-state index in [9.17, 15) is 29.4 Å². The fourth-order valence-corrected chi connectivity index (χ4v) is 7.53. The van der Waals surface area contributed by atoms with Gasteiger partial charge in [-0.15, -0.1) is 0 Å². The second-order valence-corrected chi connectivity index (χ2v) is 14.1. The number of hydrogen-bond acceptors (Lipinski definition) is 6. The first kappa shape index (κ1) is 36.0. The normalized spacial score (nSPS) is 36.7. The van der Waals surface area contributed by atoms with Crippen molar-refractivity contribution < 1.29 is 29.4 Å². The number of nitrogens with one attached hydrogen (secondary N) is 2. The summed E-state index contributed by atoms with van der Waals surface area (Å²) in [6, 6.07) is -0.525. The van der Waals surface area contributed by atoms with Crippen LogP contribution in [0.25, 0.3) is 0 Å². The Labute approximate surface area is 253 Å². The van der Waals surface area contributed by atoms with Gasteiger partial charge in [0.15, 0.2) is 0 Å². The minimum atomic E-state index is -1.47. The third kappa shape index (κ3) is 7.47. The van der Waals surface area contributed by atoms with Crippen molar-refractivity contribution in [3.8, 4) is 0 Å². The summed E-state index contributed by atoms with van der Waals surface area (Å²) in [5.41, 5.74) is -1.02. The van der Waals surface area contributed by atoms with E-state index in [1.54, 1.807) is 0 Å². The zero-order valence-corrected chi connectivity index (χ0v) is 27.8. The van der Waals surface area contributed by atoms with Gasteiger partial charge < -0.3 is 30.6 Å². The van der Waals surface area contributed by atoms with Gasteiger partial charge in [0.1, 0.15) is 0 Å². The number of carbonyl (C=O) groups excluding carboxylic acids is 2. The Bertz CT molecular complexity index is 929. The summed E-state index contributed by atoms with van der Waals surface area (Å²) < 4.78 is 0. The average Bonchev–Trinajstić information content (AvgIpc) is 2.94. The largest absolute Gasteiger partial charge is 0.474 e. The Morgan fingerprint density at radius 1 is 0.643 bits per heavy atom. The number of carboxylic acids is 2. The standard InChI is InChI=1S/C32H58N4O6/c1-11-29(7)19-23(21(5)31(9,13-3)33-29)35(25(37)27(39)40)17-15-16-18-36(26(38)28(41)42)24-20-30(8,12-2)34-32(10,14-4)22(24)6/h21-24,33-34H,11-20H2,1-10H3,(H,39,40)(H,41,42). The Balaban J connectivity index is 2.31. The van der Waals surface area contributed by atoms with Crippen LogP contribution in [0.1, 0.15) is 121 Å². The van der Waals surface area contributed by atoms with Crippen LogP contribution < -0.4 is 10.6 Å². The number of carbonyl (C=O) groups is 4. The zero-order valence-electron chi connectivity index (χ0n) is 27.8. The minimum Gasteiger partial charge on any atom is -0.474 e. The van der Waals surface area contributed by atoms with Crippen molar-refractivity contribution >= 4 is 23.8 Å². The van der Waals surface area contributed by atoms with Gasteiger partial charge in [-0.3, -0.25) is 9.59 Å². The van der Waals surface area contributed by atoms with Gasteiger partial charge in [-0.05, 0) is 90.9 Å². The van der Waals surface area contributed by atoms with Gasteiger partial charge in [0.25, 0.3) is 0 Å². The second kappa shape index (κ2) is 13.6. The predicted molar refractivity (Wildman–Crippen MR) is 164 cm³/mol. The lowest BCUT2D eigenvalue weighted by atomic mass is 9.68. The highest BCUT2D eigenvalue weighted by molar-refractivity contribution is 6.31. The van der Waals surface area contributed by atoms with E-state index in [4.69, 9.17) is 0 Å². The van der Waals surface area contributed by atoms with Crippen LogP contribution >= 0.6 is 0 Å². The number of nitrogens with zero attached hydrogens (tertiary/aromatic N) is 2. The summed E-state index contributed by atoms with van der Waals surface area (Å²) in [6.45, 7) is 21.6. The lowest BCUT2D eigenvalue weighted by molar-refractivity contribution is -0.160. The molecule has 2 rings (SSSR count). The molecule has 2 heterocycles. The number of carboxylic acid groups (broad SMARTS) is 2. The highest BCUT2D eigenvalue weighted by atomic mass is 16.4. The van der Waals surface area contributed by atoms with E-state index in [0.717, 1.165) is 25.7 Å². The van der Waals surface area contributed by atoms with Crippen LogP contribution in [-0.2, 0) is 19.2 Å². The SMILES string of the molecule is CCC1(C)CC(N(CCCCN(C(=O)C(=O)O)C2CC(C)(CC)NC(C)(CC)C2C)C(=O)C(=O)O)C(C)C(C)(CC)N1. The topological polar surface area (TPSA) is 139 Å². The third-order valence-corrected chi connectivity index (χ3v) is 11.4. The molecular weight excluding hydrogens is 536 g/mol. The molecule has 2 amide bonds. The first-order chi connectivity index (χ1) is 19.4. The van der Waals surface area contributed by atoms with Gasteiger partial charge in [-0.2, -0.15) is 0 Å². The molecule has 2 fully saturated rings. The molecule has 0 aromatic carbocycles. The maximum absolute atomic E-state index is 13.1. The van der Waals surface area contributed by atoms with Crippen molar-refractivity contribution in [1.29, 1.82) is 0 Å². The van der Waals surface area contributed by atoms with E-state index >= 15 is 0 Å². The fourth-order valence-electron chi connectivity index (χ4n) is 7.53. The summed E-state index contributed by atoms with van der Waals surface area (Å²) in [6.07, 6.45) is 5.55. The quantitative estimate of drug-likeness (QED) is 0.206. The van der Waals surface area contributed by atoms with Crippen molar-refractivity contribution in [2.45, 2.75) is 155 Å². The number of piperidine rings is 2. The highest BCUT2D eigenvalue weighted by Crippen LogP contribution is 2.41. The molecule has 0 spiro atoms. The van der Waals surface area contributed by atoms with E-state index in [-0.39, 0.29) is 59.2 Å². The van der Waals surface area contributed by atoms with Crippen molar-refractivity contribution in [3.63, 3.8) is 0 Å². The molecule has 242 valence electrons. The van der Waals surface area contributed by atoms with Crippen LogP contribution in [0.3, 0.4) is 0 Å². The molecule has 8 atom stereocenters. The lowest BCUT2D eigenvalue weighted by Gasteiger charge is -2.56. The number of amides is 2. The zero-order chi connectivity index (χ0) is 32.3. The van der Waals surface area contributed by atoms with Crippen LogP contribution in [0.15, 0.2) is 0 Å². The molecule has 0 bridgehead atoms. The molecule has 10 heteroatoms. The molecule has 0 aromatic heterocycles. The summed E-state index contributed by atoms with van der Waals surface area (Å²) >= 11 is 0. The molecule has 4 N–H and O–H groups in total. The van der Waals surface area contributed by atoms with Crippen molar-refractivity contribution in [1.82, 2.24) is 20.4 Å². The molecule has 2 aliphatic rings. The van der Waals surface area contributed by atoms with Gasteiger partial charge in [0.2, 0.25) is 0 Å². The number of rotatable bonds is 11. The Morgan fingerprint density at radius 2 is 0.952 bits per heavy atom. The summed E-state index contributed by atoms with van der Waals surface area (Å²) in [7, 11) is 0. The van der Waals surface area contributed by atoms with E-state index in [1.165, 1.54) is 9.80 Å². The minimum absolute atomic E-state index is 0.0181. The number of aliphatic carboxylic acids is 2. The fraction of sp³-hybridized carbons (Fsp3) is 0.875. The highest BCUT2D eigenvalue weighted by Gasteiger charge is 2.51. The molecule has 2 saturated heterocycles. The van der Waals surface area contributed by atoms with Crippen molar-refractivity contribution in [3.05, 3.63) is 0 Å². The van der Waals surface area contributed by atoms with Gasteiger partial charge in [0, 0.05) is 47.3 Å². The molecule has 0 saturated carbocycles. The summed E-state index contributed by atoms with van der Waals surface area (Å²) in [4.78, 5) is 53.1. The van der Waals surface area contributed by atoms with Gasteiger partial charge >= 0.3 is 23.8 Å². The smallest absolute Gasteiger partial charge is 0.394 e. The molecule has 42 heavy (non-hydrogen) atoms. The first-order valence-corrected chi connectivity index (χ1v) is 16.0. The Hall–Kier alpha value is -2.20. The average molecular weight is 595 g/mol. The molecular formula is C32H58N4O6. The first-order valence-electron chi connectivity index (χ1n) is 16.0. The molecule has 8 unspecified atom stereocenters. The number of unbranched alkanes of at least 4 members (excludes halogenated alkanes) is 1. The van der Waals surface area contributed by atoms with Crippen LogP contribution in [0, 0.1) is 11.8 Å². The molecule has 2 aliphatic heterocycles. The maximum Gasteiger partial charge on any atom is 0.394 e. The van der Waals surface area contributed by atoms with Crippen molar-refractivity contribution in [2.75, 3.05) is 13.1 Å². The molecule has 10 nitrogen and oxygen atoms in total. The third-order valence-electron chi connectivity index (χ3n) is 11.4. The Morgan fingerprint density at radius 3 is 1.19 bits per heavy atom. The number of hydrogen-bond donors (Lipinski definition) is 4. The predicted octanol–water partition coefficient (Wildman–Crippen LogP) is 4.26. The van der Waals surface area contributed by atoms with E-state index < -0.39 is 23.8 Å². The molecule has 0 aliphatic carbocycles. The van der Waals surface area contributed by atoms with E-state index in [1.807, 2.05) is 0 Å². The lowest BCUT2D eigenvalue weighted by Crippen LogP contribution is -2.69. The van der Waals surface area contributed by atoms with Crippen LogP contribution in [-0.4, -0.2) is 91.1 Å². The Kier molecular flexibility index (Phi) is 11.7. The molecule has 0 radical (unpaired) electrons. The summed E-state index contributed by atoms with van der Waals surface area (Å²) in [5, 5.41) is 27.0. The van der Waals surface area contributed by atoms with Crippen LogP contribution in [0.2, 0.25) is 0 Å². The molecule has 0 aromatic rings. The van der Waals surface area contributed by atoms with E-state index in [0.29, 0.717) is 25.7 Å². The monoisotopic (exact) mass is 594 g/mol. The summed E-state index contributed by atoms with van der Waals surface area (Å²) in [5.74, 6) is -4.72. The van der Waals surface area contributed by atoms with Crippen LogP contribution in [0.5, 0.6) is 0 Å². The van der Waals surface area contributed by atoms with E-state index in [2.05, 4.69) is 79.9 Å². The van der Waals surface area contributed by atoms with Gasteiger partial charge in [0.05, 0.1) is 0 Å². The van der Waals surface area contributed by atoms with Gasteiger partial charge in [-0.1, -0.05) is 41.5 Å². The van der Waals surface area contributed by atoms with Crippen molar-refractivity contribution in [2.24, 2.45) is 11.8 Å².